The van der Waals surface area contributed by atoms with Gasteiger partial charge in [-0.25, -0.2) is 4.98 Å². The Morgan fingerprint density at radius 1 is 1.30 bits per heavy atom. The van der Waals surface area contributed by atoms with Crippen molar-refractivity contribution in [2.24, 2.45) is 0 Å². The third kappa shape index (κ3) is 4.74. The van der Waals surface area contributed by atoms with Gasteiger partial charge in [-0.05, 0) is 37.6 Å². The molecule has 1 amide bonds. The van der Waals surface area contributed by atoms with Crippen molar-refractivity contribution in [3.63, 3.8) is 0 Å². The van der Waals surface area contributed by atoms with E-state index in [9.17, 15) is 9.59 Å². The molecular formula is C20H23N3O3S. The Balaban J connectivity index is 1.56. The van der Waals surface area contributed by atoms with Gasteiger partial charge in [-0.1, -0.05) is 13.3 Å². The molecule has 0 aliphatic heterocycles. The predicted octanol–water partition coefficient (Wildman–Crippen LogP) is 3.22. The Hall–Kier alpha value is -2.67. The molecule has 2 aromatic heterocycles. The van der Waals surface area contributed by atoms with Crippen LogP contribution < -0.4 is 15.6 Å². The van der Waals surface area contributed by atoms with Gasteiger partial charge in [0.15, 0.2) is 4.96 Å². The summed E-state index contributed by atoms with van der Waals surface area (Å²) in [4.78, 5) is 29.5. The van der Waals surface area contributed by atoms with Crippen molar-refractivity contribution in [2.75, 3.05) is 13.2 Å². The number of carbonyl (C=O) groups is 1. The standard InChI is InChI=1S/C20H23N3O3S/c1-3-4-11-26-17-7-5-15(6-8-17)19(25)21-10-9-16-13-27-20-22-14(2)12-18(24)23(16)20/h5-8,12-13H,3-4,9-11H2,1-2H3,(H,21,25). The second kappa shape index (κ2) is 8.81. The molecule has 0 fully saturated rings. The van der Waals surface area contributed by atoms with Crippen LogP contribution in [-0.2, 0) is 6.42 Å². The van der Waals surface area contributed by atoms with Crippen LogP contribution in [0.1, 0.15) is 41.5 Å². The number of thiazole rings is 1. The van der Waals surface area contributed by atoms with E-state index in [4.69, 9.17) is 4.74 Å². The smallest absolute Gasteiger partial charge is 0.258 e. The van der Waals surface area contributed by atoms with Crippen LogP contribution in [0.4, 0.5) is 0 Å². The van der Waals surface area contributed by atoms with Crippen LogP contribution in [0.2, 0.25) is 0 Å². The highest BCUT2D eigenvalue weighted by atomic mass is 32.1. The summed E-state index contributed by atoms with van der Waals surface area (Å²) in [5.74, 6) is 0.628. The molecule has 1 N–H and O–H groups in total. The van der Waals surface area contributed by atoms with Crippen molar-refractivity contribution < 1.29 is 9.53 Å². The first kappa shape index (κ1) is 19.1. The number of carbonyl (C=O) groups excluding carboxylic acids is 1. The summed E-state index contributed by atoms with van der Waals surface area (Å²) >= 11 is 1.43. The summed E-state index contributed by atoms with van der Waals surface area (Å²) in [5.41, 5.74) is 2.07. The first-order chi connectivity index (χ1) is 13.1. The molecule has 0 radical (unpaired) electrons. The van der Waals surface area contributed by atoms with Gasteiger partial charge in [0.2, 0.25) is 0 Å². The van der Waals surface area contributed by atoms with Crippen LogP contribution in [0.3, 0.4) is 0 Å². The minimum Gasteiger partial charge on any atom is -0.494 e. The minimum absolute atomic E-state index is 0.0845. The van der Waals surface area contributed by atoms with Crippen LogP contribution in [-0.4, -0.2) is 28.4 Å². The van der Waals surface area contributed by atoms with Crippen molar-refractivity contribution >= 4 is 22.2 Å². The number of ether oxygens (including phenoxy) is 1. The van der Waals surface area contributed by atoms with Crippen LogP contribution >= 0.6 is 11.3 Å². The van der Waals surface area contributed by atoms with E-state index >= 15 is 0 Å². The molecule has 0 spiro atoms. The number of nitrogens with zero attached hydrogens (tertiary/aromatic N) is 2. The van der Waals surface area contributed by atoms with Gasteiger partial charge < -0.3 is 10.1 Å². The van der Waals surface area contributed by atoms with Crippen molar-refractivity contribution in [3.05, 3.63) is 63.0 Å². The lowest BCUT2D eigenvalue weighted by Gasteiger charge is -2.08. The number of hydrogen-bond acceptors (Lipinski definition) is 5. The monoisotopic (exact) mass is 385 g/mol. The SMILES string of the molecule is CCCCOc1ccc(C(=O)NCCc2csc3nc(C)cc(=O)n23)cc1. The molecule has 3 aromatic rings. The molecule has 142 valence electrons. The molecule has 6 nitrogen and oxygen atoms in total. The number of amides is 1. The minimum atomic E-state index is -0.143. The number of unbranched alkanes of at least 4 members (excludes halogenated alkanes) is 1. The number of benzene rings is 1. The lowest BCUT2D eigenvalue weighted by Crippen LogP contribution is -2.26. The van der Waals surface area contributed by atoms with Crippen molar-refractivity contribution in [2.45, 2.75) is 33.1 Å². The molecule has 0 atom stereocenters. The van der Waals surface area contributed by atoms with Crippen molar-refractivity contribution in [1.29, 1.82) is 0 Å². The Morgan fingerprint density at radius 3 is 2.81 bits per heavy atom. The topological polar surface area (TPSA) is 72.7 Å². The summed E-state index contributed by atoms with van der Waals surface area (Å²) in [7, 11) is 0. The number of fused-ring (bicyclic) bond motifs is 1. The molecule has 0 bridgehead atoms. The maximum atomic E-state index is 12.3. The fourth-order valence-electron chi connectivity index (χ4n) is 2.70. The summed E-state index contributed by atoms with van der Waals surface area (Å²) in [6.45, 7) is 5.05. The number of aromatic nitrogens is 2. The van der Waals surface area contributed by atoms with E-state index in [1.54, 1.807) is 23.5 Å². The Labute approximate surface area is 161 Å². The van der Waals surface area contributed by atoms with E-state index in [0.717, 1.165) is 24.3 Å². The van der Waals surface area contributed by atoms with Crippen LogP contribution in [0, 0.1) is 6.92 Å². The van der Waals surface area contributed by atoms with E-state index in [1.165, 1.54) is 17.4 Å². The van der Waals surface area contributed by atoms with Gasteiger partial charge in [-0.15, -0.1) is 11.3 Å². The molecule has 7 heteroatoms. The van der Waals surface area contributed by atoms with Crippen LogP contribution in [0.5, 0.6) is 5.75 Å². The van der Waals surface area contributed by atoms with Gasteiger partial charge in [0.1, 0.15) is 5.75 Å². The van der Waals surface area contributed by atoms with Gasteiger partial charge in [-0.2, -0.15) is 0 Å². The normalized spacial score (nSPS) is 10.9. The Bertz CT molecular complexity index is 976. The van der Waals surface area contributed by atoms with Crippen molar-refractivity contribution in [3.8, 4) is 5.75 Å². The van der Waals surface area contributed by atoms with Gasteiger partial charge in [0, 0.05) is 41.4 Å². The van der Waals surface area contributed by atoms with E-state index in [-0.39, 0.29) is 11.5 Å². The lowest BCUT2D eigenvalue weighted by atomic mass is 10.2. The number of rotatable bonds is 8. The summed E-state index contributed by atoms with van der Waals surface area (Å²) < 4.78 is 7.21. The Kier molecular flexibility index (Phi) is 6.24. The average Bonchev–Trinajstić information content (AvgIpc) is 3.05. The van der Waals surface area contributed by atoms with Crippen LogP contribution in [0.25, 0.3) is 4.96 Å². The molecule has 27 heavy (non-hydrogen) atoms. The summed E-state index contributed by atoms with van der Waals surface area (Å²) in [6, 6.07) is 8.66. The maximum absolute atomic E-state index is 12.3. The van der Waals surface area contributed by atoms with E-state index in [2.05, 4.69) is 17.2 Å². The molecule has 0 saturated heterocycles. The first-order valence-corrected chi connectivity index (χ1v) is 9.94. The van der Waals surface area contributed by atoms with Gasteiger partial charge >= 0.3 is 0 Å². The maximum Gasteiger partial charge on any atom is 0.258 e. The second-order valence-electron chi connectivity index (χ2n) is 6.31. The predicted molar refractivity (Wildman–Crippen MR) is 107 cm³/mol. The van der Waals surface area contributed by atoms with Gasteiger partial charge in [0.05, 0.1) is 6.61 Å². The zero-order valence-electron chi connectivity index (χ0n) is 15.5. The first-order valence-electron chi connectivity index (χ1n) is 9.06. The largest absolute Gasteiger partial charge is 0.494 e. The number of aryl methyl sites for hydroxylation is 1. The summed E-state index contributed by atoms with van der Waals surface area (Å²) in [6.07, 6.45) is 2.66. The molecule has 0 aliphatic rings. The fraction of sp³-hybridized carbons (Fsp3) is 0.350. The molecule has 0 unspecified atom stereocenters. The zero-order chi connectivity index (χ0) is 19.2. The highest BCUT2D eigenvalue weighted by molar-refractivity contribution is 7.15. The third-order valence-electron chi connectivity index (χ3n) is 4.15. The van der Waals surface area contributed by atoms with Gasteiger partial charge in [-0.3, -0.25) is 14.0 Å². The molecule has 3 rings (SSSR count). The fourth-order valence-corrected chi connectivity index (χ4v) is 3.68. The second-order valence-corrected chi connectivity index (χ2v) is 7.15. The van der Waals surface area contributed by atoms with E-state index in [1.807, 2.05) is 17.5 Å². The zero-order valence-corrected chi connectivity index (χ0v) is 16.3. The summed E-state index contributed by atoms with van der Waals surface area (Å²) in [5, 5.41) is 4.81. The average molecular weight is 385 g/mol. The molecule has 2 heterocycles. The molecule has 0 saturated carbocycles. The third-order valence-corrected chi connectivity index (χ3v) is 5.03. The number of hydrogen-bond donors (Lipinski definition) is 1. The van der Waals surface area contributed by atoms with Gasteiger partial charge in [0.25, 0.3) is 11.5 Å². The Morgan fingerprint density at radius 2 is 2.07 bits per heavy atom. The lowest BCUT2D eigenvalue weighted by molar-refractivity contribution is 0.0954. The van der Waals surface area contributed by atoms with E-state index < -0.39 is 0 Å². The molecular weight excluding hydrogens is 362 g/mol. The molecule has 1 aromatic carbocycles. The van der Waals surface area contributed by atoms with Crippen molar-refractivity contribution in [1.82, 2.24) is 14.7 Å². The van der Waals surface area contributed by atoms with E-state index in [0.29, 0.717) is 35.8 Å². The quantitative estimate of drug-likeness (QED) is 0.604. The highest BCUT2D eigenvalue weighted by Gasteiger charge is 2.09. The van der Waals surface area contributed by atoms with Crippen LogP contribution in [0.15, 0.2) is 40.5 Å². The molecule has 0 aliphatic carbocycles. The highest BCUT2D eigenvalue weighted by Crippen LogP contribution is 2.14. The number of nitrogens with one attached hydrogen (secondary N) is 1.